The summed E-state index contributed by atoms with van der Waals surface area (Å²) in [5.74, 6) is 0.532. The number of benzene rings is 1. The Morgan fingerprint density at radius 1 is 1.29 bits per heavy atom. The van der Waals surface area contributed by atoms with E-state index in [4.69, 9.17) is 5.26 Å². The molecule has 0 amide bonds. The van der Waals surface area contributed by atoms with Gasteiger partial charge < -0.3 is 0 Å². The minimum atomic E-state index is 0.532. The fourth-order valence-corrected chi connectivity index (χ4v) is 1.17. The van der Waals surface area contributed by atoms with Gasteiger partial charge in [0.1, 0.15) is 0 Å². The molecule has 0 spiro atoms. The zero-order chi connectivity index (χ0) is 9.80. The number of aromatic nitrogens is 2. The first kappa shape index (κ1) is 8.39. The van der Waals surface area contributed by atoms with Crippen LogP contribution in [-0.4, -0.2) is 9.97 Å². The van der Waals surface area contributed by atoms with Gasteiger partial charge in [0.2, 0.25) is 0 Å². The summed E-state index contributed by atoms with van der Waals surface area (Å²) in [4.78, 5) is 8.03. The molecule has 0 bridgehead atoms. The molecule has 0 saturated carbocycles. The van der Waals surface area contributed by atoms with Crippen LogP contribution in [0.4, 0.5) is 0 Å². The maximum absolute atomic E-state index is 8.86. The van der Waals surface area contributed by atoms with Crippen LogP contribution >= 0.6 is 0 Å². The summed E-state index contributed by atoms with van der Waals surface area (Å²) in [6.07, 6.45) is 4.30. The first-order valence-electron chi connectivity index (χ1n) is 4.10. The Hall–Kier alpha value is -2.21. The molecule has 1 aromatic heterocycles. The molecule has 0 atom stereocenters. The van der Waals surface area contributed by atoms with Gasteiger partial charge >= 0.3 is 0 Å². The summed E-state index contributed by atoms with van der Waals surface area (Å²) >= 11 is 0. The lowest BCUT2D eigenvalue weighted by Crippen LogP contribution is -1.89. The van der Waals surface area contributed by atoms with Crippen molar-refractivity contribution in [1.29, 1.82) is 5.26 Å². The fraction of sp³-hybridized carbons (Fsp3) is 0. The molecule has 1 heterocycles. The molecule has 0 aliphatic rings. The molecule has 3 nitrogen and oxygen atoms in total. The van der Waals surface area contributed by atoms with Crippen LogP contribution in [0.25, 0.3) is 11.4 Å². The fourth-order valence-electron chi connectivity index (χ4n) is 1.17. The normalized spacial score (nSPS) is 9.36. The molecule has 0 unspecified atom stereocenters. The lowest BCUT2D eigenvalue weighted by Gasteiger charge is -1.99. The summed E-state index contributed by atoms with van der Waals surface area (Å²) in [6, 6.07) is 11.0. The lowest BCUT2D eigenvalue weighted by atomic mass is 10.1. The van der Waals surface area contributed by atoms with E-state index in [1.807, 2.05) is 18.2 Å². The highest BCUT2D eigenvalue weighted by atomic mass is 14.8. The van der Waals surface area contributed by atoms with E-state index in [-0.39, 0.29) is 0 Å². The highest BCUT2D eigenvalue weighted by Crippen LogP contribution is 2.17. The van der Waals surface area contributed by atoms with Gasteiger partial charge in [-0.05, 0) is 18.2 Å². The third-order valence-electron chi connectivity index (χ3n) is 1.80. The number of rotatable bonds is 1. The van der Waals surface area contributed by atoms with E-state index in [1.165, 1.54) is 0 Å². The smallest absolute Gasteiger partial charge is 0.161 e. The van der Waals surface area contributed by atoms with Crippen LogP contribution in [0.1, 0.15) is 5.56 Å². The van der Waals surface area contributed by atoms with E-state index in [0.29, 0.717) is 11.4 Å². The van der Waals surface area contributed by atoms with Crippen LogP contribution in [-0.2, 0) is 0 Å². The standard InChI is InChI=1S/C11H6N3/c12-8-9-4-1-2-5-10(9)11-13-6-3-7-14-11/h1-6H. The van der Waals surface area contributed by atoms with Gasteiger partial charge in [-0.2, -0.15) is 5.26 Å². The molecule has 1 radical (unpaired) electrons. The third-order valence-corrected chi connectivity index (χ3v) is 1.80. The van der Waals surface area contributed by atoms with Crippen LogP contribution in [0.2, 0.25) is 0 Å². The van der Waals surface area contributed by atoms with E-state index >= 15 is 0 Å². The van der Waals surface area contributed by atoms with E-state index in [0.717, 1.165) is 5.56 Å². The zero-order valence-corrected chi connectivity index (χ0v) is 7.31. The predicted molar refractivity (Wildman–Crippen MR) is 51.0 cm³/mol. The number of hydrogen-bond donors (Lipinski definition) is 0. The Balaban J connectivity index is 2.58. The van der Waals surface area contributed by atoms with E-state index in [2.05, 4.69) is 22.2 Å². The average Bonchev–Trinajstić information content (AvgIpc) is 2.30. The van der Waals surface area contributed by atoms with Crippen LogP contribution in [0.3, 0.4) is 0 Å². The molecule has 2 aromatic rings. The second-order valence-corrected chi connectivity index (χ2v) is 2.67. The van der Waals surface area contributed by atoms with Crippen molar-refractivity contribution in [3.05, 3.63) is 48.3 Å². The van der Waals surface area contributed by atoms with Crippen LogP contribution < -0.4 is 0 Å². The zero-order valence-electron chi connectivity index (χ0n) is 7.31. The van der Waals surface area contributed by atoms with Crippen LogP contribution in [0.15, 0.2) is 36.5 Å². The minimum Gasteiger partial charge on any atom is -0.236 e. The SMILES string of the molecule is N#Cc1ccccc1-c1n[c]ccn1. The molecule has 65 valence electrons. The van der Waals surface area contributed by atoms with Gasteiger partial charge in [0, 0.05) is 11.8 Å². The molecule has 0 saturated heterocycles. The van der Waals surface area contributed by atoms with Crippen molar-refractivity contribution < 1.29 is 0 Å². The molecular formula is C11H6N3. The molecule has 2 rings (SSSR count). The van der Waals surface area contributed by atoms with Crippen molar-refractivity contribution in [1.82, 2.24) is 9.97 Å². The molecule has 14 heavy (non-hydrogen) atoms. The number of nitriles is 1. The van der Waals surface area contributed by atoms with Gasteiger partial charge in [-0.25, -0.2) is 9.97 Å². The Bertz CT molecular complexity index is 471. The monoisotopic (exact) mass is 180 g/mol. The predicted octanol–water partition coefficient (Wildman–Crippen LogP) is 1.82. The van der Waals surface area contributed by atoms with E-state index in [1.54, 1.807) is 18.3 Å². The van der Waals surface area contributed by atoms with Crippen LogP contribution in [0.5, 0.6) is 0 Å². The first-order valence-corrected chi connectivity index (χ1v) is 4.10. The van der Waals surface area contributed by atoms with Gasteiger partial charge in [0.05, 0.1) is 17.8 Å². The molecular weight excluding hydrogens is 174 g/mol. The summed E-state index contributed by atoms with van der Waals surface area (Å²) < 4.78 is 0. The van der Waals surface area contributed by atoms with Gasteiger partial charge in [-0.3, -0.25) is 0 Å². The van der Waals surface area contributed by atoms with Crippen molar-refractivity contribution >= 4 is 0 Å². The number of hydrogen-bond acceptors (Lipinski definition) is 3. The van der Waals surface area contributed by atoms with Gasteiger partial charge in [0.25, 0.3) is 0 Å². The van der Waals surface area contributed by atoms with E-state index < -0.39 is 0 Å². The maximum atomic E-state index is 8.86. The lowest BCUT2D eigenvalue weighted by molar-refractivity contribution is 1.16. The largest absolute Gasteiger partial charge is 0.236 e. The quantitative estimate of drug-likeness (QED) is 0.672. The Morgan fingerprint density at radius 2 is 2.14 bits per heavy atom. The van der Waals surface area contributed by atoms with Gasteiger partial charge in [0.15, 0.2) is 5.82 Å². The Kier molecular flexibility index (Phi) is 2.20. The topological polar surface area (TPSA) is 49.6 Å². The highest BCUT2D eigenvalue weighted by Gasteiger charge is 2.04. The summed E-state index contributed by atoms with van der Waals surface area (Å²) in [6.45, 7) is 0. The molecule has 1 aromatic carbocycles. The second-order valence-electron chi connectivity index (χ2n) is 2.67. The van der Waals surface area contributed by atoms with Gasteiger partial charge in [-0.1, -0.05) is 12.1 Å². The number of nitrogens with zero attached hydrogens (tertiary/aromatic N) is 3. The van der Waals surface area contributed by atoms with Gasteiger partial charge in [-0.15, -0.1) is 0 Å². The van der Waals surface area contributed by atoms with Crippen molar-refractivity contribution in [3.63, 3.8) is 0 Å². The molecule has 0 aliphatic heterocycles. The third kappa shape index (κ3) is 1.46. The summed E-state index contributed by atoms with van der Waals surface area (Å²) in [5, 5.41) is 8.86. The maximum Gasteiger partial charge on any atom is 0.161 e. The molecule has 0 N–H and O–H groups in total. The van der Waals surface area contributed by atoms with E-state index in [9.17, 15) is 0 Å². The summed E-state index contributed by atoms with van der Waals surface area (Å²) in [7, 11) is 0. The van der Waals surface area contributed by atoms with Crippen molar-refractivity contribution in [2.45, 2.75) is 0 Å². The minimum absolute atomic E-state index is 0.532. The molecule has 0 aliphatic carbocycles. The molecule has 0 fully saturated rings. The molecule has 3 heteroatoms. The van der Waals surface area contributed by atoms with Crippen molar-refractivity contribution in [2.75, 3.05) is 0 Å². The second kappa shape index (κ2) is 3.67. The Labute approximate surface area is 81.7 Å². The van der Waals surface area contributed by atoms with Crippen molar-refractivity contribution in [2.24, 2.45) is 0 Å². The summed E-state index contributed by atoms with van der Waals surface area (Å²) in [5.41, 5.74) is 1.32. The highest BCUT2D eigenvalue weighted by molar-refractivity contribution is 5.63. The van der Waals surface area contributed by atoms with Crippen LogP contribution in [0, 0.1) is 17.5 Å². The Morgan fingerprint density at radius 3 is 2.86 bits per heavy atom. The van der Waals surface area contributed by atoms with Crippen molar-refractivity contribution in [3.8, 4) is 17.5 Å². The average molecular weight is 180 g/mol. The first-order chi connectivity index (χ1) is 6.92.